The first-order valence-corrected chi connectivity index (χ1v) is 10.3. The van der Waals surface area contributed by atoms with Gasteiger partial charge in [0.05, 0.1) is 20.2 Å². The normalized spacial score (nSPS) is 13.5. The van der Waals surface area contributed by atoms with E-state index in [1.54, 1.807) is 24.1 Å². The van der Waals surface area contributed by atoms with Crippen LogP contribution in [0.3, 0.4) is 0 Å². The fourth-order valence-corrected chi connectivity index (χ4v) is 3.56. The van der Waals surface area contributed by atoms with E-state index in [1.165, 1.54) is 0 Å². The molecule has 1 amide bonds. The van der Waals surface area contributed by atoms with E-state index < -0.39 is 0 Å². The van der Waals surface area contributed by atoms with E-state index in [0.717, 1.165) is 11.1 Å². The first-order chi connectivity index (χ1) is 15.7. The van der Waals surface area contributed by atoms with Crippen molar-refractivity contribution in [1.82, 2.24) is 15.0 Å². The Labute approximate surface area is 185 Å². The Morgan fingerprint density at radius 1 is 0.938 bits per heavy atom. The SMILES string of the molecule is COc1cccc(C(=O)N2CC(Oc3cccc(-c4nc(-c5ccccc5)no4)c3)C2)c1. The maximum atomic E-state index is 12.6. The molecule has 7 nitrogen and oxygen atoms in total. The van der Waals surface area contributed by atoms with Crippen LogP contribution >= 0.6 is 0 Å². The Hall–Kier alpha value is -4.13. The van der Waals surface area contributed by atoms with Crippen molar-refractivity contribution in [3.63, 3.8) is 0 Å². The molecule has 0 bridgehead atoms. The zero-order chi connectivity index (χ0) is 21.9. The molecule has 1 saturated heterocycles. The van der Waals surface area contributed by atoms with Crippen LogP contribution in [0.5, 0.6) is 11.5 Å². The predicted molar refractivity (Wildman–Crippen MR) is 118 cm³/mol. The summed E-state index contributed by atoms with van der Waals surface area (Å²) in [7, 11) is 1.59. The highest BCUT2D eigenvalue weighted by molar-refractivity contribution is 5.95. The second-order valence-corrected chi connectivity index (χ2v) is 7.50. The van der Waals surface area contributed by atoms with Crippen LogP contribution in [0.25, 0.3) is 22.8 Å². The molecule has 0 saturated carbocycles. The van der Waals surface area contributed by atoms with Crippen molar-refractivity contribution in [3.8, 4) is 34.3 Å². The van der Waals surface area contributed by atoms with Crippen LogP contribution in [0.2, 0.25) is 0 Å². The zero-order valence-corrected chi connectivity index (χ0v) is 17.5. The van der Waals surface area contributed by atoms with Crippen LogP contribution in [0.4, 0.5) is 0 Å². The second kappa shape index (κ2) is 8.55. The van der Waals surface area contributed by atoms with Crippen molar-refractivity contribution in [1.29, 1.82) is 0 Å². The molecule has 0 N–H and O–H groups in total. The molecule has 0 radical (unpaired) electrons. The molecule has 1 aliphatic rings. The quantitative estimate of drug-likeness (QED) is 0.456. The maximum Gasteiger partial charge on any atom is 0.258 e. The molecular formula is C25H21N3O4. The third-order valence-electron chi connectivity index (χ3n) is 5.29. The summed E-state index contributed by atoms with van der Waals surface area (Å²) < 4.78 is 16.7. The molecule has 0 atom stereocenters. The lowest BCUT2D eigenvalue weighted by Crippen LogP contribution is -2.56. The second-order valence-electron chi connectivity index (χ2n) is 7.50. The summed E-state index contributed by atoms with van der Waals surface area (Å²) in [5.41, 5.74) is 2.28. The zero-order valence-electron chi connectivity index (χ0n) is 17.5. The highest BCUT2D eigenvalue weighted by Gasteiger charge is 2.33. The van der Waals surface area contributed by atoms with E-state index in [0.29, 0.717) is 41.9 Å². The molecule has 32 heavy (non-hydrogen) atoms. The van der Waals surface area contributed by atoms with Gasteiger partial charge < -0.3 is 18.9 Å². The minimum absolute atomic E-state index is 0.0307. The summed E-state index contributed by atoms with van der Waals surface area (Å²) in [4.78, 5) is 18.9. The van der Waals surface area contributed by atoms with Crippen molar-refractivity contribution in [2.75, 3.05) is 20.2 Å². The van der Waals surface area contributed by atoms with Gasteiger partial charge in [0.25, 0.3) is 11.8 Å². The average molecular weight is 427 g/mol. The van der Waals surface area contributed by atoms with E-state index in [2.05, 4.69) is 10.1 Å². The summed E-state index contributed by atoms with van der Waals surface area (Å²) in [6.07, 6.45) is -0.0672. The van der Waals surface area contributed by atoms with Gasteiger partial charge >= 0.3 is 0 Å². The monoisotopic (exact) mass is 427 g/mol. The summed E-state index contributed by atoms with van der Waals surface area (Å²) >= 11 is 0. The van der Waals surface area contributed by atoms with Gasteiger partial charge in [0.15, 0.2) is 0 Å². The van der Waals surface area contributed by atoms with Gasteiger partial charge in [-0.2, -0.15) is 4.98 Å². The van der Waals surface area contributed by atoms with Crippen molar-refractivity contribution in [2.24, 2.45) is 0 Å². The van der Waals surface area contributed by atoms with Gasteiger partial charge in [-0.1, -0.05) is 47.6 Å². The van der Waals surface area contributed by atoms with Gasteiger partial charge in [-0.15, -0.1) is 0 Å². The molecule has 1 aromatic heterocycles. The fraction of sp³-hybridized carbons (Fsp3) is 0.160. The Morgan fingerprint density at radius 3 is 2.50 bits per heavy atom. The number of benzene rings is 3. The summed E-state index contributed by atoms with van der Waals surface area (Å²) in [5.74, 6) is 2.30. The number of hydrogen-bond acceptors (Lipinski definition) is 6. The number of rotatable bonds is 6. The minimum atomic E-state index is -0.0672. The van der Waals surface area contributed by atoms with E-state index in [-0.39, 0.29) is 12.0 Å². The van der Waals surface area contributed by atoms with Crippen LogP contribution in [-0.2, 0) is 0 Å². The van der Waals surface area contributed by atoms with Crippen molar-refractivity contribution in [3.05, 3.63) is 84.4 Å². The van der Waals surface area contributed by atoms with Crippen molar-refractivity contribution in [2.45, 2.75) is 6.10 Å². The van der Waals surface area contributed by atoms with Crippen molar-refractivity contribution < 1.29 is 18.8 Å². The Kier molecular flexibility index (Phi) is 5.29. The van der Waals surface area contributed by atoms with E-state index >= 15 is 0 Å². The Balaban J connectivity index is 1.22. The topological polar surface area (TPSA) is 77.7 Å². The number of carbonyl (C=O) groups is 1. The molecule has 1 fully saturated rings. The third kappa shape index (κ3) is 4.05. The molecule has 0 aliphatic carbocycles. The molecule has 4 aromatic rings. The van der Waals surface area contributed by atoms with E-state index in [1.807, 2.05) is 66.7 Å². The highest BCUT2D eigenvalue weighted by Crippen LogP contribution is 2.27. The largest absolute Gasteiger partial charge is 0.497 e. The smallest absolute Gasteiger partial charge is 0.258 e. The number of methoxy groups -OCH3 is 1. The van der Waals surface area contributed by atoms with Crippen LogP contribution in [0, 0.1) is 0 Å². The van der Waals surface area contributed by atoms with Gasteiger partial charge in [-0.25, -0.2) is 0 Å². The molecule has 0 spiro atoms. The minimum Gasteiger partial charge on any atom is -0.497 e. The third-order valence-corrected chi connectivity index (χ3v) is 5.29. The first kappa shape index (κ1) is 19.8. The lowest BCUT2D eigenvalue weighted by Gasteiger charge is -2.39. The van der Waals surface area contributed by atoms with Gasteiger partial charge in [-0.3, -0.25) is 4.79 Å². The molecule has 7 heteroatoms. The summed E-state index contributed by atoms with van der Waals surface area (Å²) in [6.45, 7) is 1.05. The number of nitrogens with zero attached hydrogens (tertiary/aromatic N) is 3. The maximum absolute atomic E-state index is 12.6. The highest BCUT2D eigenvalue weighted by atomic mass is 16.5. The lowest BCUT2D eigenvalue weighted by atomic mass is 10.1. The van der Waals surface area contributed by atoms with Gasteiger partial charge in [0.2, 0.25) is 5.82 Å². The number of likely N-dealkylation sites (tertiary alicyclic amines) is 1. The number of carbonyl (C=O) groups excluding carboxylic acids is 1. The number of aromatic nitrogens is 2. The molecule has 1 aliphatic heterocycles. The van der Waals surface area contributed by atoms with Gasteiger partial charge in [-0.05, 0) is 36.4 Å². The van der Waals surface area contributed by atoms with Gasteiger partial charge in [0, 0.05) is 16.7 Å². The number of amides is 1. The Morgan fingerprint density at radius 2 is 1.69 bits per heavy atom. The molecule has 160 valence electrons. The van der Waals surface area contributed by atoms with Crippen LogP contribution < -0.4 is 9.47 Å². The van der Waals surface area contributed by atoms with Crippen LogP contribution in [-0.4, -0.2) is 47.3 Å². The first-order valence-electron chi connectivity index (χ1n) is 10.3. The average Bonchev–Trinajstić information content (AvgIpc) is 3.32. The predicted octanol–water partition coefficient (Wildman–Crippen LogP) is 4.32. The van der Waals surface area contributed by atoms with E-state index in [4.69, 9.17) is 14.0 Å². The lowest BCUT2D eigenvalue weighted by molar-refractivity contribution is 0.0178. The van der Waals surface area contributed by atoms with Gasteiger partial charge in [0.1, 0.15) is 17.6 Å². The molecule has 5 rings (SSSR count). The standard InChI is InChI=1S/C25H21N3O4/c1-30-20-11-6-10-19(14-20)25(29)28-15-22(16-28)31-21-12-5-9-18(13-21)24-26-23(27-32-24)17-7-3-2-4-8-17/h2-14,22H,15-16H2,1H3. The van der Waals surface area contributed by atoms with Crippen LogP contribution in [0.1, 0.15) is 10.4 Å². The number of ether oxygens (including phenoxy) is 2. The fourth-order valence-electron chi connectivity index (χ4n) is 3.56. The Bertz CT molecular complexity index is 1230. The molecule has 3 aromatic carbocycles. The molecular weight excluding hydrogens is 406 g/mol. The van der Waals surface area contributed by atoms with E-state index in [9.17, 15) is 4.79 Å². The molecule has 2 heterocycles. The van der Waals surface area contributed by atoms with Crippen molar-refractivity contribution >= 4 is 5.91 Å². The summed E-state index contributed by atoms with van der Waals surface area (Å²) in [6, 6.07) is 24.4. The number of hydrogen-bond donors (Lipinski definition) is 0. The van der Waals surface area contributed by atoms with Crippen LogP contribution in [0.15, 0.2) is 83.4 Å². The summed E-state index contributed by atoms with van der Waals surface area (Å²) in [5, 5.41) is 4.07. The molecule has 0 unspecified atom stereocenters.